The van der Waals surface area contributed by atoms with Crippen LogP contribution < -0.4 is 5.73 Å². The lowest BCUT2D eigenvalue weighted by molar-refractivity contribution is 0.0386. The third kappa shape index (κ3) is 3.01. The van der Waals surface area contributed by atoms with E-state index >= 15 is 0 Å². The molecule has 0 spiro atoms. The van der Waals surface area contributed by atoms with Crippen LogP contribution in [0.2, 0.25) is 0 Å². The maximum Gasteiger partial charge on any atom is 0.340 e. The lowest BCUT2D eigenvalue weighted by Crippen LogP contribution is -2.14. The van der Waals surface area contributed by atoms with Crippen molar-refractivity contribution >= 4 is 11.7 Å². The van der Waals surface area contributed by atoms with E-state index in [-0.39, 0.29) is 12.1 Å². The predicted molar refractivity (Wildman–Crippen MR) is 69.5 cm³/mol. The number of hydrogen-bond donors (Lipinski definition) is 1. The highest BCUT2D eigenvalue weighted by Gasteiger charge is 2.17. The van der Waals surface area contributed by atoms with Gasteiger partial charge in [0.05, 0.1) is 18.3 Å². The summed E-state index contributed by atoms with van der Waals surface area (Å²) in [7, 11) is 0. The van der Waals surface area contributed by atoms with Gasteiger partial charge in [0.1, 0.15) is 0 Å². The number of hydrogen-bond acceptors (Lipinski definition) is 4. The molecule has 18 heavy (non-hydrogen) atoms. The molecule has 1 atom stereocenters. The highest BCUT2D eigenvalue weighted by Crippen LogP contribution is 2.19. The SMILES string of the molecule is Cc1cccc(N)c1C(=O)OCCC1CCCO1. The van der Waals surface area contributed by atoms with Crippen LogP contribution >= 0.6 is 0 Å². The lowest BCUT2D eigenvalue weighted by Gasteiger charge is -2.11. The first-order chi connectivity index (χ1) is 8.68. The van der Waals surface area contributed by atoms with Crippen LogP contribution in [0.1, 0.15) is 35.2 Å². The number of anilines is 1. The topological polar surface area (TPSA) is 61.6 Å². The van der Waals surface area contributed by atoms with Gasteiger partial charge in [0.2, 0.25) is 0 Å². The molecular formula is C14H19NO3. The second-order valence-electron chi connectivity index (χ2n) is 4.60. The van der Waals surface area contributed by atoms with Gasteiger partial charge in [-0.3, -0.25) is 0 Å². The van der Waals surface area contributed by atoms with Crippen LogP contribution in [0.5, 0.6) is 0 Å². The van der Waals surface area contributed by atoms with Gasteiger partial charge in [0, 0.05) is 18.7 Å². The maximum absolute atomic E-state index is 11.9. The van der Waals surface area contributed by atoms with Crippen molar-refractivity contribution in [2.24, 2.45) is 0 Å². The number of ether oxygens (including phenoxy) is 2. The van der Waals surface area contributed by atoms with Gasteiger partial charge in [-0.15, -0.1) is 0 Å². The maximum atomic E-state index is 11.9. The first kappa shape index (κ1) is 12.9. The molecule has 1 heterocycles. The molecule has 2 N–H and O–H groups in total. The molecule has 1 aromatic rings. The normalized spacial score (nSPS) is 18.8. The molecule has 1 aliphatic heterocycles. The van der Waals surface area contributed by atoms with E-state index in [9.17, 15) is 4.79 Å². The van der Waals surface area contributed by atoms with Crippen molar-refractivity contribution in [2.75, 3.05) is 18.9 Å². The van der Waals surface area contributed by atoms with Crippen LogP contribution in [-0.2, 0) is 9.47 Å². The third-order valence-corrected chi connectivity index (χ3v) is 3.21. The number of rotatable bonds is 4. The van der Waals surface area contributed by atoms with Crippen LogP contribution in [0.3, 0.4) is 0 Å². The first-order valence-electron chi connectivity index (χ1n) is 6.32. The zero-order valence-electron chi connectivity index (χ0n) is 10.6. The number of nitrogen functional groups attached to an aromatic ring is 1. The van der Waals surface area contributed by atoms with Gasteiger partial charge >= 0.3 is 5.97 Å². The van der Waals surface area contributed by atoms with E-state index in [1.54, 1.807) is 6.07 Å². The van der Waals surface area contributed by atoms with Gasteiger partial charge in [0.25, 0.3) is 0 Å². The predicted octanol–water partition coefficient (Wildman–Crippen LogP) is 2.30. The van der Waals surface area contributed by atoms with Crippen molar-refractivity contribution < 1.29 is 14.3 Å². The quantitative estimate of drug-likeness (QED) is 0.657. The van der Waals surface area contributed by atoms with Crippen LogP contribution in [0, 0.1) is 6.92 Å². The summed E-state index contributed by atoms with van der Waals surface area (Å²) in [6, 6.07) is 5.39. The minimum atomic E-state index is -0.344. The Balaban J connectivity index is 1.87. The second-order valence-corrected chi connectivity index (χ2v) is 4.60. The van der Waals surface area contributed by atoms with E-state index in [4.69, 9.17) is 15.2 Å². The number of aryl methyl sites for hydroxylation is 1. The van der Waals surface area contributed by atoms with Crippen LogP contribution in [-0.4, -0.2) is 25.3 Å². The Morgan fingerprint density at radius 1 is 1.56 bits per heavy atom. The van der Waals surface area contributed by atoms with Gasteiger partial charge in [0.15, 0.2) is 0 Å². The molecule has 1 aromatic carbocycles. The molecule has 2 rings (SSSR count). The van der Waals surface area contributed by atoms with Crippen molar-refractivity contribution in [3.8, 4) is 0 Å². The summed E-state index contributed by atoms with van der Waals surface area (Å²) in [6.07, 6.45) is 3.16. The molecule has 1 saturated heterocycles. The zero-order valence-corrected chi connectivity index (χ0v) is 10.6. The monoisotopic (exact) mass is 249 g/mol. The van der Waals surface area contributed by atoms with Crippen molar-refractivity contribution in [3.05, 3.63) is 29.3 Å². The van der Waals surface area contributed by atoms with Crippen molar-refractivity contribution in [1.29, 1.82) is 0 Å². The fraction of sp³-hybridized carbons (Fsp3) is 0.500. The molecule has 98 valence electrons. The van der Waals surface area contributed by atoms with Gasteiger partial charge in [-0.25, -0.2) is 4.79 Å². The Kier molecular flexibility index (Phi) is 4.20. The number of esters is 1. The average molecular weight is 249 g/mol. The molecule has 1 unspecified atom stereocenters. The van der Waals surface area contributed by atoms with E-state index in [1.165, 1.54) is 0 Å². The molecule has 1 aliphatic rings. The number of benzene rings is 1. The van der Waals surface area contributed by atoms with E-state index in [0.717, 1.165) is 31.4 Å². The van der Waals surface area contributed by atoms with Crippen molar-refractivity contribution in [3.63, 3.8) is 0 Å². The largest absolute Gasteiger partial charge is 0.462 e. The van der Waals surface area contributed by atoms with E-state index in [1.807, 2.05) is 19.1 Å². The Morgan fingerprint density at radius 2 is 2.39 bits per heavy atom. The summed E-state index contributed by atoms with van der Waals surface area (Å²) in [6.45, 7) is 3.06. The Labute approximate surface area is 107 Å². The number of nitrogens with two attached hydrogens (primary N) is 1. The number of carbonyl (C=O) groups excluding carboxylic acids is 1. The molecule has 0 saturated carbocycles. The molecule has 4 heteroatoms. The Morgan fingerprint density at radius 3 is 3.06 bits per heavy atom. The summed E-state index contributed by atoms with van der Waals surface area (Å²) in [5, 5.41) is 0. The van der Waals surface area contributed by atoms with E-state index < -0.39 is 0 Å². The molecule has 0 amide bonds. The standard InChI is InChI=1S/C14H19NO3/c1-10-4-2-6-12(15)13(10)14(16)18-9-7-11-5-3-8-17-11/h2,4,6,11H,3,5,7-9,15H2,1H3. The van der Waals surface area contributed by atoms with Crippen LogP contribution in [0.4, 0.5) is 5.69 Å². The summed E-state index contributed by atoms with van der Waals surface area (Å²) in [5.41, 5.74) is 7.58. The fourth-order valence-electron chi connectivity index (χ4n) is 2.20. The van der Waals surface area contributed by atoms with Gasteiger partial charge in [-0.1, -0.05) is 12.1 Å². The summed E-state index contributed by atoms with van der Waals surface area (Å²) in [5.74, 6) is -0.344. The van der Waals surface area contributed by atoms with Gasteiger partial charge < -0.3 is 15.2 Å². The highest BCUT2D eigenvalue weighted by molar-refractivity contribution is 5.96. The third-order valence-electron chi connectivity index (χ3n) is 3.21. The van der Waals surface area contributed by atoms with Gasteiger partial charge in [-0.2, -0.15) is 0 Å². The lowest BCUT2D eigenvalue weighted by atomic mass is 10.1. The summed E-state index contributed by atoms with van der Waals surface area (Å²) >= 11 is 0. The fourth-order valence-corrected chi connectivity index (χ4v) is 2.20. The summed E-state index contributed by atoms with van der Waals surface area (Å²) in [4.78, 5) is 11.9. The van der Waals surface area contributed by atoms with Crippen molar-refractivity contribution in [1.82, 2.24) is 0 Å². The molecule has 0 bridgehead atoms. The smallest absolute Gasteiger partial charge is 0.340 e. The minimum absolute atomic E-state index is 0.243. The molecule has 4 nitrogen and oxygen atoms in total. The first-order valence-corrected chi connectivity index (χ1v) is 6.32. The van der Waals surface area contributed by atoms with Crippen LogP contribution in [0.15, 0.2) is 18.2 Å². The minimum Gasteiger partial charge on any atom is -0.462 e. The van der Waals surface area contributed by atoms with Gasteiger partial charge in [-0.05, 0) is 31.4 Å². The Hall–Kier alpha value is -1.55. The number of carbonyl (C=O) groups is 1. The second kappa shape index (κ2) is 5.87. The molecule has 0 radical (unpaired) electrons. The van der Waals surface area contributed by atoms with Crippen LogP contribution in [0.25, 0.3) is 0 Å². The average Bonchev–Trinajstić information content (AvgIpc) is 2.82. The molecule has 0 aliphatic carbocycles. The highest BCUT2D eigenvalue weighted by atomic mass is 16.5. The van der Waals surface area contributed by atoms with E-state index in [0.29, 0.717) is 17.9 Å². The van der Waals surface area contributed by atoms with Crippen molar-refractivity contribution in [2.45, 2.75) is 32.3 Å². The molecule has 1 fully saturated rings. The Bertz CT molecular complexity index is 405. The van der Waals surface area contributed by atoms with E-state index in [2.05, 4.69) is 0 Å². The molecular weight excluding hydrogens is 230 g/mol. The summed E-state index contributed by atoms with van der Waals surface area (Å²) < 4.78 is 10.7. The molecule has 0 aromatic heterocycles. The zero-order chi connectivity index (χ0) is 13.0.